The molecule has 0 saturated carbocycles. The van der Waals surface area contributed by atoms with Crippen LogP contribution in [0.4, 0.5) is 0 Å². The average molecular weight is 227 g/mol. The molecule has 0 bridgehead atoms. The van der Waals surface area contributed by atoms with Crippen molar-refractivity contribution < 1.29 is 0 Å². The van der Waals surface area contributed by atoms with Crippen LogP contribution < -0.4 is 5.32 Å². The highest BCUT2D eigenvalue weighted by atomic mass is 14.9. The molecular weight excluding hydrogens is 194 g/mol. The second kappa shape index (κ2) is 13.0. The summed E-state index contributed by atoms with van der Waals surface area (Å²) < 4.78 is 0. The van der Waals surface area contributed by atoms with Gasteiger partial charge in [-0.05, 0) is 19.4 Å². The third-order valence-electron chi connectivity index (χ3n) is 3.39. The Morgan fingerprint density at radius 2 is 1.31 bits per heavy atom. The molecule has 0 rings (SSSR count). The number of rotatable bonds is 12. The van der Waals surface area contributed by atoms with E-state index >= 15 is 0 Å². The summed E-state index contributed by atoms with van der Waals surface area (Å²) in [5.74, 6) is 0. The fourth-order valence-electron chi connectivity index (χ4n) is 2.26. The highest BCUT2D eigenvalue weighted by Crippen LogP contribution is 2.11. The highest BCUT2D eigenvalue weighted by molar-refractivity contribution is 4.63. The Hall–Kier alpha value is -0.0400. The lowest BCUT2D eigenvalue weighted by atomic mass is 10.0. The van der Waals surface area contributed by atoms with E-state index in [-0.39, 0.29) is 0 Å². The van der Waals surface area contributed by atoms with Gasteiger partial charge in [0.25, 0.3) is 0 Å². The molecule has 16 heavy (non-hydrogen) atoms. The van der Waals surface area contributed by atoms with Crippen molar-refractivity contribution in [1.82, 2.24) is 5.32 Å². The fourth-order valence-corrected chi connectivity index (χ4v) is 2.26. The van der Waals surface area contributed by atoms with Gasteiger partial charge < -0.3 is 5.32 Å². The van der Waals surface area contributed by atoms with Crippen molar-refractivity contribution >= 4 is 0 Å². The Balaban J connectivity index is 3.12. The van der Waals surface area contributed by atoms with E-state index in [1.165, 1.54) is 64.2 Å². The van der Waals surface area contributed by atoms with Gasteiger partial charge in [-0.1, -0.05) is 72.1 Å². The largest absolute Gasteiger partial charge is 0.314 e. The molecule has 1 N–H and O–H groups in total. The third kappa shape index (κ3) is 10.5. The molecule has 0 spiro atoms. The van der Waals surface area contributed by atoms with Gasteiger partial charge in [-0.3, -0.25) is 0 Å². The van der Waals surface area contributed by atoms with Gasteiger partial charge in [-0.15, -0.1) is 0 Å². The molecule has 1 atom stereocenters. The van der Waals surface area contributed by atoms with Gasteiger partial charge >= 0.3 is 0 Å². The van der Waals surface area contributed by atoms with E-state index in [0.717, 1.165) is 12.6 Å². The average Bonchev–Trinajstić information content (AvgIpc) is 2.31. The quantitative estimate of drug-likeness (QED) is 0.467. The molecule has 0 aromatic rings. The molecule has 0 fully saturated rings. The van der Waals surface area contributed by atoms with Crippen molar-refractivity contribution in [1.29, 1.82) is 0 Å². The van der Waals surface area contributed by atoms with E-state index < -0.39 is 0 Å². The molecule has 1 unspecified atom stereocenters. The summed E-state index contributed by atoms with van der Waals surface area (Å²) in [5.41, 5.74) is 0. The van der Waals surface area contributed by atoms with Crippen LogP contribution in [0.25, 0.3) is 0 Å². The first-order valence-corrected chi connectivity index (χ1v) is 7.58. The fraction of sp³-hybridized carbons (Fsp3) is 1.00. The minimum absolute atomic E-state index is 0.769. The van der Waals surface area contributed by atoms with Crippen molar-refractivity contribution in [2.45, 2.75) is 91.0 Å². The maximum absolute atomic E-state index is 3.55. The summed E-state index contributed by atoms with van der Waals surface area (Å²) in [4.78, 5) is 0. The van der Waals surface area contributed by atoms with E-state index in [0.29, 0.717) is 0 Å². The predicted molar refractivity (Wildman–Crippen MR) is 75.0 cm³/mol. The van der Waals surface area contributed by atoms with Crippen molar-refractivity contribution in [2.24, 2.45) is 0 Å². The maximum atomic E-state index is 3.55. The van der Waals surface area contributed by atoms with Crippen LogP contribution in [0.2, 0.25) is 0 Å². The third-order valence-corrected chi connectivity index (χ3v) is 3.39. The smallest absolute Gasteiger partial charge is 0.00643 e. The van der Waals surface area contributed by atoms with Crippen molar-refractivity contribution in [2.75, 3.05) is 6.54 Å². The van der Waals surface area contributed by atoms with Gasteiger partial charge in [-0.2, -0.15) is 0 Å². The number of hydrogen-bond acceptors (Lipinski definition) is 1. The Kier molecular flexibility index (Phi) is 13.0. The van der Waals surface area contributed by atoms with Crippen LogP contribution in [0, 0.1) is 0 Å². The van der Waals surface area contributed by atoms with Crippen LogP contribution in [-0.2, 0) is 0 Å². The van der Waals surface area contributed by atoms with Crippen molar-refractivity contribution in [3.05, 3.63) is 0 Å². The minimum Gasteiger partial charge on any atom is -0.314 e. The molecule has 0 saturated heterocycles. The molecule has 0 aliphatic rings. The zero-order valence-corrected chi connectivity index (χ0v) is 11.9. The lowest BCUT2D eigenvalue weighted by Crippen LogP contribution is -2.27. The van der Waals surface area contributed by atoms with Crippen molar-refractivity contribution in [3.63, 3.8) is 0 Å². The Morgan fingerprint density at radius 3 is 1.81 bits per heavy atom. The molecule has 0 amide bonds. The molecule has 0 aliphatic heterocycles. The Labute approximate surface area is 103 Å². The molecular formula is C15H33N. The standard InChI is InChI=1S/C15H33N/c1-4-7-8-9-10-11-12-13-14-15(5-2)16-6-3/h15-16H,4-14H2,1-3H3. The summed E-state index contributed by atoms with van der Waals surface area (Å²) in [6.45, 7) is 7.90. The van der Waals surface area contributed by atoms with Gasteiger partial charge in [0, 0.05) is 6.04 Å². The van der Waals surface area contributed by atoms with Crippen molar-refractivity contribution in [3.8, 4) is 0 Å². The number of hydrogen-bond donors (Lipinski definition) is 1. The zero-order valence-electron chi connectivity index (χ0n) is 11.9. The molecule has 98 valence electrons. The van der Waals surface area contributed by atoms with Crippen LogP contribution in [-0.4, -0.2) is 12.6 Å². The summed E-state index contributed by atoms with van der Waals surface area (Å²) in [6.07, 6.45) is 14.1. The lowest BCUT2D eigenvalue weighted by Gasteiger charge is -2.15. The predicted octanol–water partition coefficient (Wildman–Crippen LogP) is 4.91. The van der Waals surface area contributed by atoms with Gasteiger partial charge in [0.2, 0.25) is 0 Å². The molecule has 0 radical (unpaired) electrons. The topological polar surface area (TPSA) is 12.0 Å². The minimum atomic E-state index is 0.769. The van der Waals surface area contributed by atoms with Gasteiger partial charge in [0.15, 0.2) is 0 Å². The normalized spacial score (nSPS) is 12.9. The van der Waals surface area contributed by atoms with E-state index in [4.69, 9.17) is 0 Å². The van der Waals surface area contributed by atoms with Gasteiger partial charge in [-0.25, -0.2) is 0 Å². The summed E-state index contributed by atoms with van der Waals surface area (Å²) in [6, 6.07) is 0.769. The first kappa shape index (κ1) is 16.0. The van der Waals surface area contributed by atoms with E-state index in [9.17, 15) is 0 Å². The monoisotopic (exact) mass is 227 g/mol. The first-order chi connectivity index (χ1) is 7.85. The van der Waals surface area contributed by atoms with Crippen LogP contribution in [0.5, 0.6) is 0 Å². The Bertz CT molecular complexity index is 123. The summed E-state index contributed by atoms with van der Waals surface area (Å²) >= 11 is 0. The lowest BCUT2D eigenvalue weighted by molar-refractivity contribution is 0.451. The maximum Gasteiger partial charge on any atom is 0.00643 e. The zero-order chi connectivity index (χ0) is 12.1. The Morgan fingerprint density at radius 1 is 0.750 bits per heavy atom. The second-order valence-corrected chi connectivity index (χ2v) is 4.93. The van der Waals surface area contributed by atoms with E-state index in [1.54, 1.807) is 0 Å². The molecule has 0 aliphatic carbocycles. The van der Waals surface area contributed by atoms with Gasteiger partial charge in [0.1, 0.15) is 0 Å². The molecule has 0 heterocycles. The second-order valence-electron chi connectivity index (χ2n) is 4.93. The molecule has 0 aromatic heterocycles. The number of unbranched alkanes of at least 4 members (excludes halogenated alkanes) is 7. The molecule has 1 heteroatoms. The van der Waals surface area contributed by atoms with Gasteiger partial charge in [0.05, 0.1) is 0 Å². The van der Waals surface area contributed by atoms with Crippen LogP contribution in [0.15, 0.2) is 0 Å². The first-order valence-electron chi connectivity index (χ1n) is 7.58. The molecule has 0 aromatic carbocycles. The molecule has 1 nitrogen and oxygen atoms in total. The summed E-state index contributed by atoms with van der Waals surface area (Å²) in [7, 11) is 0. The van der Waals surface area contributed by atoms with E-state index in [1.807, 2.05) is 0 Å². The van der Waals surface area contributed by atoms with Crippen LogP contribution in [0.1, 0.15) is 85.0 Å². The van der Waals surface area contributed by atoms with Crippen LogP contribution in [0.3, 0.4) is 0 Å². The highest BCUT2D eigenvalue weighted by Gasteiger charge is 2.02. The number of nitrogens with one attached hydrogen (secondary N) is 1. The summed E-state index contributed by atoms with van der Waals surface area (Å²) in [5, 5.41) is 3.55. The van der Waals surface area contributed by atoms with Crippen LogP contribution >= 0.6 is 0 Å². The van der Waals surface area contributed by atoms with E-state index in [2.05, 4.69) is 26.1 Å². The SMILES string of the molecule is CCCCCCCCCCC(CC)NCC.